The van der Waals surface area contributed by atoms with E-state index in [4.69, 9.17) is 16.7 Å². The molecule has 0 unspecified atom stereocenters. The molecule has 1 aromatic heterocycles. The Bertz CT molecular complexity index is 715. The second kappa shape index (κ2) is 6.09. The predicted molar refractivity (Wildman–Crippen MR) is 77.3 cm³/mol. The number of aliphatic hydroxyl groups is 1. The number of anilines is 1. The average molecular weight is 336 g/mol. The fraction of sp³-hybridized carbons (Fsp3) is 0.167. The number of hydrogen-bond acceptors (Lipinski definition) is 4. The summed E-state index contributed by atoms with van der Waals surface area (Å²) in [5.74, 6) is -0.542. The number of benzene rings is 1. The fourth-order valence-corrected chi connectivity index (χ4v) is 4.21. The Morgan fingerprint density at radius 2 is 2.05 bits per heavy atom. The molecular weight excluding hydrogens is 325 g/mol. The van der Waals surface area contributed by atoms with Gasteiger partial charge in [-0.1, -0.05) is 11.6 Å². The number of rotatable bonds is 5. The van der Waals surface area contributed by atoms with Gasteiger partial charge in [0.25, 0.3) is 10.0 Å². The van der Waals surface area contributed by atoms with Gasteiger partial charge in [-0.3, -0.25) is 4.72 Å². The molecule has 20 heavy (non-hydrogen) atoms. The lowest BCUT2D eigenvalue weighted by Gasteiger charge is -2.07. The Hall–Kier alpha value is -1.15. The van der Waals surface area contributed by atoms with Gasteiger partial charge >= 0.3 is 0 Å². The van der Waals surface area contributed by atoms with Crippen LogP contribution in [0.4, 0.5) is 10.1 Å². The monoisotopic (exact) mass is 335 g/mol. The summed E-state index contributed by atoms with van der Waals surface area (Å²) in [6, 6.07) is 6.51. The molecule has 0 fully saturated rings. The topological polar surface area (TPSA) is 66.4 Å². The van der Waals surface area contributed by atoms with E-state index in [0.717, 1.165) is 28.3 Å². The molecule has 4 nitrogen and oxygen atoms in total. The van der Waals surface area contributed by atoms with Crippen LogP contribution in [0, 0.1) is 5.82 Å². The van der Waals surface area contributed by atoms with Crippen LogP contribution in [-0.2, 0) is 16.4 Å². The molecule has 0 amide bonds. The van der Waals surface area contributed by atoms with Crippen LogP contribution in [0.25, 0.3) is 0 Å². The summed E-state index contributed by atoms with van der Waals surface area (Å²) in [7, 11) is -3.77. The van der Waals surface area contributed by atoms with E-state index >= 15 is 0 Å². The van der Waals surface area contributed by atoms with Gasteiger partial charge in [0.15, 0.2) is 0 Å². The highest BCUT2D eigenvalue weighted by Crippen LogP contribution is 2.28. The van der Waals surface area contributed by atoms with Crippen molar-refractivity contribution in [2.45, 2.75) is 10.6 Å². The third kappa shape index (κ3) is 3.49. The molecule has 0 aliphatic carbocycles. The van der Waals surface area contributed by atoms with Crippen molar-refractivity contribution in [1.82, 2.24) is 0 Å². The van der Waals surface area contributed by atoms with E-state index < -0.39 is 15.8 Å². The van der Waals surface area contributed by atoms with Crippen molar-refractivity contribution in [3.8, 4) is 0 Å². The van der Waals surface area contributed by atoms with Gasteiger partial charge in [0.05, 0.1) is 10.7 Å². The number of sulfonamides is 1. The molecule has 0 aliphatic heterocycles. The molecule has 108 valence electrons. The summed E-state index contributed by atoms with van der Waals surface area (Å²) in [6.45, 7) is -0.0444. The summed E-state index contributed by atoms with van der Waals surface area (Å²) in [5, 5.41) is 8.80. The summed E-state index contributed by atoms with van der Waals surface area (Å²) in [6.07, 6.45) is 0.400. The van der Waals surface area contributed by atoms with Crippen LogP contribution < -0.4 is 4.72 Å². The highest BCUT2D eigenvalue weighted by Gasteiger charge is 2.18. The minimum absolute atomic E-state index is 0.0132. The van der Waals surface area contributed by atoms with Crippen LogP contribution in [0.15, 0.2) is 34.5 Å². The quantitative estimate of drug-likeness (QED) is 0.883. The van der Waals surface area contributed by atoms with Crippen LogP contribution in [0.1, 0.15) is 4.88 Å². The fourth-order valence-electron chi connectivity index (χ4n) is 1.51. The molecule has 0 saturated heterocycles. The third-order valence-corrected chi connectivity index (χ3v) is 5.75. The Morgan fingerprint density at radius 1 is 1.30 bits per heavy atom. The second-order valence-electron chi connectivity index (χ2n) is 3.92. The van der Waals surface area contributed by atoms with Crippen molar-refractivity contribution >= 4 is 38.6 Å². The van der Waals surface area contributed by atoms with Crippen LogP contribution in [-0.4, -0.2) is 20.1 Å². The molecule has 8 heteroatoms. The molecule has 1 heterocycles. The Balaban J connectivity index is 2.26. The van der Waals surface area contributed by atoms with Crippen molar-refractivity contribution in [3.63, 3.8) is 0 Å². The van der Waals surface area contributed by atoms with Gasteiger partial charge in [-0.15, -0.1) is 11.3 Å². The van der Waals surface area contributed by atoms with Gasteiger partial charge in [0, 0.05) is 17.9 Å². The third-order valence-electron chi connectivity index (χ3n) is 2.44. The molecule has 0 bridgehead atoms. The first-order valence-electron chi connectivity index (χ1n) is 5.60. The van der Waals surface area contributed by atoms with E-state index in [-0.39, 0.29) is 21.5 Å². The molecule has 0 radical (unpaired) electrons. The highest BCUT2D eigenvalue weighted by atomic mass is 35.5. The van der Waals surface area contributed by atoms with Gasteiger partial charge in [0.1, 0.15) is 10.0 Å². The summed E-state index contributed by atoms with van der Waals surface area (Å²) in [4.78, 5) is 0.762. The smallest absolute Gasteiger partial charge is 0.271 e. The SMILES string of the molecule is O=S(=O)(Nc1ccc(F)cc1Cl)c1ccc(CCO)s1. The largest absolute Gasteiger partial charge is 0.396 e. The van der Waals surface area contributed by atoms with Gasteiger partial charge in [-0.25, -0.2) is 12.8 Å². The van der Waals surface area contributed by atoms with Gasteiger partial charge in [-0.05, 0) is 30.3 Å². The molecule has 2 rings (SSSR count). The lowest BCUT2D eigenvalue weighted by atomic mass is 10.3. The molecule has 0 saturated carbocycles. The van der Waals surface area contributed by atoms with Crippen LogP contribution in [0.2, 0.25) is 5.02 Å². The van der Waals surface area contributed by atoms with Crippen molar-refractivity contribution in [3.05, 3.63) is 46.0 Å². The lowest BCUT2D eigenvalue weighted by Crippen LogP contribution is -2.11. The van der Waals surface area contributed by atoms with E-state index in [2.05, 4.69) is 4.72 Å². The first-order chi connectivity index (χ1) is 9.42. The maximum absolute atomic E-state index is 12.9. The van der Waals surface area contributed by atoms with E-state index in [1.54, 1.807) is 6.07 Å². The molecule has 2 N–H and O–H groups in total. The molecule has 0 spiro atoms. The van der Waals surface area contributed by atoms with Crippen molar-refractivity contribution < 1.29 is 17.9 Å². The number of thiophene rings is 1. The molecule has 0 atom stereocenters. The zero-order valence-electron chi connectivity index (χ0n) is 10.1. The minimum Gasteiger partial charge on any atom is -0.396 e. The van der Waals surface area contributed by atoms with E-state index in [0.29, 0.717) is 6.42 Å². The normalized spacial score (nSPS) is 11.6. The second-order valence-corrected chi connectivity index (χ2v) is 7.41. The Kier molecular flexibility index (Phi) is 4.64. The number of nitrogens with one attached hydrogen (secondary N) is 1. The average Bonchev–Trinajstić information content (AvgIpc) is 2.83. The van der Waals surface area contributed by atoms with Crippen molar-refractivity contribution in [1.29, 1.82) is 0 Å². The molecule has 1 aromatic carbocycles. The Labute approximate surface area is 124 Å². The standard InChI is InChI=1S/C12H11ClFNO3S2/c13-10-7-8(14)1-3-11(10)15-20(17,18)12-4-2-9(19-12)5-6-16/h1-4,7,15-16H,5-6H2. The van der Waals surface area contributed by atoms with Gasteiger partial charge < -0.3 is 5.11 Å². The van der Waals surface area contributed by atoms with Gasteiger partial charge in [-0.2, -0.15) is 0 Å². The van der Waals surface area contributed by atoms with Crippen molar-refractivity contribution in [2.75, 3.05) is 11.3 Å². The molecular formula is C12H11ClFNO3S2. The number of hydrogen-bond donors (Lipinski definition) is 2. The summed E-state index contributed by atoms with van der Waals surface area (Å²) < 4.78 is 39.6. The summed E-state index contributed by atoms with van der Waals surface area (Å²) in [5.41, 5.74) is 0.116. The Morgan fingerprint density at radius 3 is 2.70 bits per heavy atom. The highest BCUT2D eigenvalue weighted by molar-refractivity contribution is 7.94. The zero-order chi connectivity index (χ0) is 14.8. The number of aliphatic hydroxyl groups excluding tert-OH is 1. The van der Waals surface area contributed by atoms with Crippen LogP contribution in [0.5, 0.6) is 0 Å². The molecule has 0 aliphatic rings. The lowest BCUT2D eigenvalue weighted by molar-refractivity contribution is 0.300. The predicted octanol–water partition coefficient (Wildman–Crippen LogP) is 2.88. The van der Waals surface area contributed by atoms with E-state index in [1.807, 2.05) is 0 Å². The van der Waals surface area contributed by atoms with E-state index in [9.17, 15) is 12.8 Å². The summed E-state index contributed by atoms with van der Waals surface area (Å²) >= 11 is 6.85. The van der Waals surface area contributed by atoms with Crippen molar-refractivity contribution in [2.24, 2.45) is 0 Å². The minimum atomic E-state index is -3.77. The van der Waals surface area contributed by atoms with E-state index in [1.165, 1.54) is 12.1 Å². The maximum Gasteiger partial charge on any atom is 0.271 e. The maximum atomic E-state index is 12.9. The number of halogens is 2. The first kappa shape index (κ1) is 15.2. The van der Waals surface area contributed by atoms with Gasteiger partial charge in [0.2, 0.25) is 0 Å². The zero-order valence-corrected chi connectivity index (χ0v) is 12.5. The van der Waals surface area contributed by atoms with Crippen LogP contribution in [0.3, 0.4) is 0 Å². The molecule has 2 aromatic rings. The first-order valence-corrected chi connectivity index (χ1v) is 8.27. The van der Waals surface area contributed by atoms with Crippen LogP contribution >= 0.6 is 22.9 Å².